The van der Waals surface area contributed by atoms with Gasteiger partial charge in [-0.2, -0.15) is 13.2 Å². The van der Waals surface area contributed by atoms with Gasteiger partial charge in [-0.15, -0.1) is 5.10 Å². The minimum Gasteiger partial charge on any atom is -0.368 e. The zero-order valence-corrected chi connectivity index (χ0v) is 20.8. The first-order chi connectivity index (χ1) is 18.1. The fourth-order valence-corrected chi connectivity index (χ4v) is 4.38. The first-order valence-electron chi connectivity index (χ1n) is 11.9. The predicted octanol–water partition coefficient (Wildman–Crippen LogP) is 3.57. The predicted molar refractivity (Wildman–Crippen MR) is 136 cm³/mol. The molecule has 1 aromatic carbocycles. The van der Waals surface area contributed by atoms with Gasteiger partial charge in [0.05, 0.1) is 23.8 Å². The van der Waals surface area contributed by atoms with E-state index in [1.807, 2.05) is 19.2 Å². The van der Waals surface area contributed by atoms with E-state index in [0.717, 1.165) is 49.1 Å². The van der Waals surface area contributed by atoms with Gasteiger partial charge < -0.3 is 15.5 Å². The molecule has 0 saturated carbocycles. The molecule has 0 unspecified atom stereocenters. The van der Waals surface area contributed by atoms with Crippen molar-refractivity contribution in [2.45, 2.75) is 13.1 Å². The molecule has 1 aliphatic rings. The second-order valence-electron chi connectivity index (χ2n) is 9.23. The molecule has 5 rings (SSSR count). The van der Waals surface area contributed by atoms with E-state index in [-0.39, 0.29) is 5.56 Å². The third-order valence-electron chi connectivity index (χ3n) is 6.57. The molecule has 2 N–H and O–H groups in total. The molecule has 0 atom stereocenters. The number of carbonyl (C=O) groups excluding carboxylic acids is 1. The number of primary amides is 1. The number of aryl methyl sites for hydroxylation is 1. The van der Waals surface area contributed by atoms with Gasteiger partial charge in [0.15, 0.2) is 0 Å². The number of benzene rings is 1. The Morgan fingerprint density at radius 2 is 1.76 bits per heavy atom. The fraction of sp³-hybridized carbons (Fsp3) is 0.269. The molecular formula is C26H25F3N8O. The molecule has 4 heterocycles. The number of nitrogens with zero attached hydrogens (tertiary/aromatic N) is 7. The highest BCUT2D eigenvalue weighted by atomic mass is 19.4. The summed E-state index contributed by atoms with van der Waals surface area (Å²) in [6.07, 6.45) is 0.622. The van der Waals surface area contributed by atoms with Gasteiger partial charge in [-0.25, -0.2) is 9.67 Å². The highest BCUT2D eigenvalue weighted by Gasteiger charge is 2.33. The molecule has 4 aromatic rings. The van der Waals surface area contributed by atoms with Crippen molar-refractivity contribution in [1.29, 1.82) is 0 Å². The molecule has 1 fully saturated rings. The molecule has 196 valence electrons. The van der Waals surface area contributed by atoms with Gasteiger partial charge in [0.1, 0.15) is 17.1 Å². The number of alkyl halides is 3. The van der Waals surface area contributed by atoms with Crippen LogP contribution in [0.15, 0.2) is 55.0 Å². The number of hydrogen-bond donors (Lipinski definition) is 1. The number of halogens is 3. The number of pyridine rings is 2. The summed E-state index contributed by atoms with van der Waals surface area (Å²) in [4.78, 5) is 24.4. The van der Waals surface area contributed by atoms with E-state index in [0.29, 0.717) is 16.9 Å². The average Bonchev–Trinajstić information content (AvgIpc) is 3.39. The first kappa shape index (κ1) is 25.3. The quantitative estimate of drug-likeness (QED) is 0.427. The van der Waals surface area contributed by atoms with Gasteiger partial charge in [0, 0.05) is 43.5 Å². The van der Waals surface area contributed by atoms with Crippen LogP contribution in [0.3, 0.4) is 0 Å². The maximum atomic E-state index is 13.2. The number of amides is 1. The van der Waals surface area contributed by atoms with Crippen molar-refractivity contribution in [3.8, 4) is 28.1 Å². The van der Waals surface area contributed by atoms with Crippen molar-refractivity contribution >= 4 is 11.6 Å². The molecule has 1 aliphatic heterocycles. The number of nitrogens with two attached hydrogens (primary N) is 1. The number of piperazine rings is 1. The van der Waals surface area contributed by atoms with E-state index in [1.54, 1.807) is 35.3 Å². The average molecular weight is 523 g/mol. The van der Waals surface area contributed by atoms with Gasteiger partial charge in [-0.1, -0.05) is 17.3 Å². The molecule has 12 heteroatoms. The Bertz CT molecular complexity index is 1490. The van der Waals surface area contributed by atoms with E-state index in [4.69, 9.17) is 5.73 Å². The van der Waals surface area contributed by atoms with Crippen LogP contribution in [0.4, 0.5) is 18.9 Å². The van der Waals surface area contributed by atoms with E-state index >= 15 is 0 Å². The van der Waals surface area contributed by atoms with Crippen molar-refractivity contribution in [2.75, 3.05) is 38.1 Å². The van der Waals surface area contributed by atoms with Crippen LogP contribution < -0.4 is 10.6 Å². The molecule has 38 heavy (non-hydrogen) atoms. The molecule has 1 saturated heterocycles. The Labute approximate surface area is 216 Å². The standard InChI is InChI=1S/C26H25F3N8O/c1-16-3-4-17(20-5-6-23(26(27,28)29)32-24(20)25(30)38)12-22(16)37-15-21(33-34-37)18-11-19(14-31-13-18)36-9-7-35(2)8-10-36/h3-6,11-15H,7-10H2,1-2H3,(H2,30,38). The molecule has 0 bridgehead atoms. The molecule has 9 nitrogen and oxygen atoms in total. The van der Waals surface area contributed by atoms with Crippen molar-refractivity contribution in [3.63, 3.8) is 0 Å². The zero-order valence-electron chi connectivity index (χ0n) is 20.8. The summed E-state index contributed by atoms with van der Waals surface area (Å²) in [5.41, 5.74) is 8.31. The summed E-state index contributed by atoms with van der Waals surface area (Å²) in [5.74, 6) is -1.05. The van der Waals surface area contributed by atoms with Crippen molar-refractivity contribution < 1.29 is 18.0 Å². The summed E-state index contributed by atoms with van der Waals surface area (Å²) in [5, 5.41) is 8.60. The van der Waals surface area contributed by atoms with Crippen LogP contribution in [-0.2, 0) is 6.18 Å². The third-order valence-corrected chi connectivity index (χ3v) is 6.57. The SMILES string of the molecule is Cc1ccc(-c2ccc(C(F)(F)F)nc2C(N)=O)cc1-n1cc(-c2cncc(N3CCN(C)CC3)c2)nn1. The monoisotopic (exact) mass is 522 g/mol. The molecule has 0 aliphatic carbocycles. The summed E-state index contributed by atoms with van der Waals surface area (Å²) >= 11 is 0. The smallest absolute Gasteiger partial charge is 0.368 e. The van der Waals surface area contributed by atoms with Crippen molar-refractivity contribution in [1.82, 2.24) is 29.9 Å². The van der Waals surface area contributed by atoms with Gasteiger partial charge >= 0.3 is 6.18 Å². The minimum atomic E-state index is -4.70. The Morgan fingerprint density at radius 1 is 1.00 bits per heavy atom. The fourth-order valence-electron chi connectivity index (χ4n) is 4.38. The Morgan fingerprint density at radius 3 is 2.47 bits per heavy atom. The number of aromatic nitrogens is 5. The topological polar surface area (TPSA) is 106 Å². The Hall–Kier alpha value is -4.32. The Kier molecular flexibility index (Phi) is 6.57. The lowest BCUT2D eigenvalue weighted by atomic mass is 10.0. The van der Waals surface area contributed by atoms with Crippen molar-refractivity contribution in [3.05, 3.63) is 71.9 Å². The zero-order chi connectivity index (χ0) is 27.0. The van der Waals surface area contributed by atoms with Crippen molar-refractivity contribution in [2.24, 2.45) is 5.73 Å². The lowest BCUT2D eigenvalue weighted by Crippen LogP contribution is -2.44. The summed E-state index contributed by atoms with van der Waals surface area (Å²) in [6, 6.07) is 9.25. The van der Waals surface area contributed by atoms with Gasteiger partial charge in [-0.3, -0.25) is 9.78 Å². The normalized spacial score (nSPS) is 14.6. The highest BCUT2D eigenvalue weighted by Crippen LogP contribution is 2.32. The van der Waals surface area contributed by atoms with Crippen LogP contribution >= 0.6 is 0 Å². The van der Waals surface area contributed by atoms with Crippen LogP contribution in [-0.4, -0.2) is 69.0 Å². The van der Waals surface area contributed by atoms with Crippen LogP contribution in [0, 0.1) is 6.92 Å². The second-order valence-corrected chi connectivity index (χ2v) is 9.23. The number of hydrogen-bond acceptors (Lipinski definition) is 7. The lowest BCUT2D eigenvalue weighted by molar-refractivity contribution is -0.141. The van der Waals surface area contributed by atoms with Gasteiger partial charge in [0.25, 0.3) is 5.91 Å². The van der Waals surface area contributed by atoms with Crippen LogP contribution in [0.1, 0.15) is 21.7 Å². The van der Waals surface area contributed by atoms with Gasteiger partial charge in [-0.05, 0) is 49.4 Å². The summed E-state index contributed by atoms with van der Waals surface area (Å²) < 4.78 is 41.0. The van der Waals surface area contributed by atoms with Crippen LogP contribution in [0.5, 0.6) is 0 Å². The number of carbonyl (C=O) groups is 1. The maximum absolute atomic E-state index is 13.2. The number of rotatable bonds is 5. The second kappa shape index (κ2) is 9.86. The Balaban J connectivity index is 1.48. The van der Waals surface area contributed by atoms with Crippen LogP contribution in [0.2, 0.25) is 0 Å². The largest absolute Gasteiger partial charge is 0.433 e. The molecule has 0 spiro atoms. The molecule has 3 aromatic heterocycles. The molecular weight excluding hydrogens is 497 g/mol. The van der Waals surface area contributed by atoms with E-state index in [1.165, 1.54) is 6.07 Å². The number of anilines is 1. The van der Waals surface area contributed by atoms with E-state index in [9.17, 15) is 18.0 Å². The van der Waals surface area contributed by atoms with Gasteiger partial charge in [0.2, 0.25) is 0 Å². The molecule has 0 radical (unpaired) electrons. The highest BCUT2D eigenvalue weighted by molar-refractivity contribution is 5.98. The first-order valence-corrected chi connectivity index (χ1v) is 11.9. The minimum absolute atomic E-state index is 0.191. The third kappa shape index (κ3) is 5.07. The van der Waals surface area contributed by atoms with E-state index < -0.39 is 23.5 Å². The lowest BCUT2D eigenvalue weighted by Gasteiger charge is -2.33. The summed E-state index contributed by atoms with van der Waals surface area (Å²) in [7, 11) is 2.10. The number of likely N-dealkylation sites (N-methyl/N-ethyl adjacent to an activating group) is 1. The molecule has 1 amide bonds. The van der Waals surface area contributed by atoms with Crippen LogP contribution in [0.25, 0.3) is 28.1 Å². The maximum Gasteiger partial charge on any atom is 0.433 e. The summed E-state index contributed by atoms with van der Waals surface area (Å²) in [6.45, 7) is 5.64. The van der Waals surface area contributed by atoms with E-state index in [2.05, 4.69) is 37.1 Å².